The summed E-state index contributed by atoms with van der Waals surface area (Å²) in [5.41, 5.74) is 0.833. The molecule has 1 atom stereocenters. The van der Waals surface area contributed by atoms with Gasteiger partial charge in [-0.25, -0.2) is 0 Å². The molecule has 0 aliphatic rings. The lowest BCUT2D eigenvalue weighted by Crippen LogP contribution is -2.27. The predicted octanol–water partition coefficient (Wildman–Crippen LogP) is 3.36. The Morgan fingerprint density at radius 2 is 1.90 bits per heavy atom. The number of hydrogen-bond donors (Lipinski definition) is 2. The number of carbonyl (C=O) groups excluding carboxylic acids is 1. The van der Waals surface area contributed by atoms with Crippen LogP contribution in [0.2, 0.25) is 0 Å². The minimum absolute atomic E-state index is 0.149. The molecule has 0 aliphatic heterocycles. The molecule has 3 rings (SSSR count). The summed E-state index contributed by atoms with van der Waals surface area (Å²) in [6.45, 7) is 0.199. The Morgan fingerprint density at radius 1 is 1.10 bits per heavy atom. The van der Waals surface area contributed by atoms with Gasteiger partial charge in [-0.1, -0.05) is 48.5 Å². The fourth-order valence-corrected chi connectivity index (χ4v) is 2.98. The van der Waals surface area contributed by atoms with E-state index in [1.807, 2.05) is 53.9 Å². The lowest BCUT2D eigenvalue weighted by atomic mass is 10.0. The Kier molecular flexibility index (Phi) is 3.99. The van der Waals surface area contributed by atoms with Gasteiger partial charge >= 0.3 is 0 Å². The summed E-state index contributed by atoms with van der Waals surface area (Å²) in [6.07, 6.45) is -0.722. The molecule has 0 saturated heterocycles. The summed E-state index contributed by atoms with van der Waals surface area (Å²) in [6, 6.07) is 17.3. The van der Waals surface area contributed by atoms with Crippen molar-refractivity contribution in [1.82, 2.24) is 5.32 Å². The highest BCUT2D eigenvalue weighted by atomic mass is 32.1. The number of rotatable bonds is 4. The monoisotopic (exact) mass is 297 g/mol. The number of fused-ring (bicyclic) bond motifs is 1. The number of aliphatic hydroxyl groups excluding tert-OH is 1. The van der Waals surface area contributed by atoms with Crippen molar-refractivity contribution in [3.05, 3.63) is 70.4 Å². The highest BCUT2D eigenvalue weighted by Crippen LogP contribution is 2.23. The fraction of sp³-hybridized carbons (Fsp3) is 0.118. The van der Waals surface area contributed by atoms with Gasteiger partial charge in [0.1, 0.15) is 0 Å². The first kappa shape index (κ1) is 13.8. The summed E-state index contributed by atoms with van der Waals surface area (Å²) in [5, 5.41) is 17.1. The van der Waals surface area contributed by atoms with Gasteiger partial charge in [0.2, 0.25) is 0 Å². The first-order valence-electron chi connectivity index (χ1n) is 6.73. The van der Waals surface area contributed by atoms with E-state index in [0.717, 1.165) is 16.3 Å². The third kappa shape index (κ3) is 2.96. The fourth-order valence-electron chi connectivity index (χ4n) is 2.34. The zero-order valence-electron chi connectivity index (χ0n) is 11.3. The quantitative estimate of drug-likeness (QED) is 0.775. The molecule has 0 bridgehead atoms. The summed E-state index contributed by atoms with van der Waals surface area (Å²) in [7, 11) is 0. The van der Waals surface area contributed by atoms with Crippen molar-refractivity contribution in [1.29, 1.82) is 0 Å². The van der Waals surface area contributed by atoms with E-state index in [1.54, 1.807) is 6.07 Å². The summed E-state index contributed by atoms with van der Waals surface area (Å²) in [4.78, 5) is 12.5. The van der Waals surface area contributed by atoms with Crippen molar-refractivity contribution in [3.63, 3.8) is 0 Å². The van der Waals surface area contributed by atoms with Crippen molar-refractivity contribution in [2.24, 2.45) is 0 Å². The standard InChI is InChI=1S/C17H15NO2S/c19-15(11-18-17(20)16-9-4-10-21-16)14-8-3-6-12-5-1-2-7-13(12)14/h1-10,15,19H,11H2,(H,18,20). The van der Waals surface area contributed by atoms with Gasteiger partial charge in [0, 0.05) is 6.54 Å². The molecule has 1 heterocycles. The number of amides is 1. The molecule has 3 aromatic rings. The van der Waals surface area contributed by atoms with Crippen LogP contribution in [0.5, 0.6) is 0 Å². The molecular weight excluding hydrogens is 282 g/mol. The average Bonchev–Trinajstić information content (AvgIpc) is 3.06. The maximum Gasteiger partial charge on any atom is 0.261 e. The maximum atomic E-state index is 11.9. The zero-order valence-corrected chi connectivity index (χ0v) is 12.1. The van der Waals surface area contributed by atoms with Crippen LogP contribution in [0, 0.1) is 0 Å². The molecule has 21 heavy (non-hydrogen) atoms. The molecule has 2 N–H and O–H groups in total. The Labute approximate surface area is 126 Å². The normalized spacial score (nSPS) is 12.2. The predicted molar refractivity (Wildman–Crippen MR) is 85.6 cm³/mol. The molecular formula is C17H15NO2S. The van der Waals surface area contributed by atoms with Crippen LogP contribution < -0.4 is 5.32 Å². The van der Waals surface area contributed by atoms with Crippen molar-refractivity contribution < 1.29 is 9.90 Å². The Morgan fingerprint density at radius 3 is 2.71 bits per heavy atom. The largest absolute Gasteiger partial charge is 0.387 e. The lowest BCUT2D eigenvalue weighted by molar-refractivity contribution is 0.0921. The highest BCUT2D eigenvalue weighted by molar-refractivity contribution is 7.12. The molecule has 0 fully saturated rings. The average molecular weight is 297 g/mol. The van der Waals surface area contributed by atoms with Crippen LogP contribution in [0.25, 0.3) is 10.8 Å². The van der Waals surface area contributed by atoms with E-state index >= 15 is 0 Å². The minimum Gasteiger partial charge on any atom is -0.387 e. The smallest absolute Gasteiger partial charge is 0.261 e. The molecule has 0 saturated carbocycles. The third-order valence-corrected chi connectivity index (χ3v) is 4.25. The molecule has 106 valence electrons. The first-order chi connectivity index (χ1) is 10.3. The zero-order chi connectivity index (χ0) is 14.7. The van der Waals surface area contributed by atoms with Crippen molar-refractivity contribution >= 4 is 28.0 Å². The van der Waals surface area contributed by atoms with Crippen molar-refractivity contribution in [2.45, 2.75) is 6.10 Å². The number of nitrogens with one attached hydrogen (secondary N) is 1. The minimum atomic E-state index is -0.722. The van der Waals surface area contributed by atoms with Gasteiger partial charge in [-0.05, 0) is 27.8 Å². The van der Waals surface area contributed by atoms with Gasteiger partial charge in [0.15, 0.2) is 0 Å². The molecule has 1 unspecified atom stereocenters. The van der Waals surface area contributed by atoms with E-state index in [-0.39, 0.29) is 12.5 Å². The molecule has 2 aromatic carbocycles. The van der Waals surface area contributed by atoms with Crippen molar-refractivity contribution in [2.75, 3.05) is 6.54 Å². The van der Waals surface area contributed by atoms with E-state index in [1.165, 1.54) is 11.3 Å². The van der Waals surface area contributed by atoms with Gasteiger partial charge in [-0.3, -0.25) is 4.79 Å². The number of thiophene rings is 1. The number of hydrogen-bond acceptors (Lipinski definition) is 3. The molecule has 0 radical (unpaired) electrons. The summed E-state index contributed by atoms with van der Waals surface area (Å²) < 4.78 is 0. The second-order valence-corrected chi connectivity index (χ2v) is 5.72. The Balaban J connectivity index is 1.75. The molecule has 0 spiro atoms. The van der Waals surface area contributed by atoms with Crippen LogP contribution >= 0.6 is 11.3 Å². The number of aliphatic hydroxyl groups is 1. The molecule has 4 heteroatoms. The van der Waals surface area contributed by atoms with Crippen LogP contribution in [0.3, 0.4) is 0 Å². The second-order valence-electron chi connectivity index (χ2n) is 4.77. The first-order valence-corrected chi connectivity index (χ1v) is 7.61. The van der Waals surface area contributed by atoms with E-state index in [0.29, 0.717) is 4.88 Å². The molecule has 1 aromatic heterocycles. The topological polar surface area (TPSA) is 49.3 Å². The molecule has 0 aliphatic carbocycles. The number of benzene rings is 2. The van der Waals surface area contributed by atoms with E-state index in [2.05, 4.69) is 5.32 Å². The summed E-state index contributed by atoms with van der Waals surface area (Å²) in [5.74, 6) is -0.149. The Bertz CT molecular complexity index is 747. The SMILES string of the molecule is O=C(NCC(O)c1cccc2ccccc12)c1cccs1. The van der Waals surface area contributed by atoms with Crippen LogP contribution in [0.15, 0.2) is 60.0 Å². The summed E-state index contributed by atoms with van der Waals surface area (Å²) >= 11 is 1.39. The van der Waals surface area contributed by atoms with Crippen molar-refractivity contribution in [3.8, 4) is 0 Å². The number of carbonyl (C=O) groups is 1. The van der Waals surface area contributed by atoms with Crippen LogP contribution in [0.4, 0.5) is 0 Å². The highest BCUT2D eigenvalue weighted by Gasteiger charge is 2.13. The van der Waals surface area contributed by atoms with Gasteiger partial charge in [-0.2, -0.15) is 0 Å². The molecule has 3 nitrogen and oxygen atoms in total. The van der Waals surface area contributed by atoms with Crippen LogP contribution in [-0.2, 0) is 0 Å². The van der Waals surface area contributed by atoms with Crippen LogP contribution in [-0.4, -0.2) is 17.6 Å². The van der Waals surface area contributed by atoms with Gasteiger partial charge in [-0.15, -0.1) is 11.3 Å². The van der Waals surface area contributed by atoms with Gasteiger partial charge in [0.25, 0.3) is 5.91 Å². The van der Waals surface area contributed by atoms with E-state index in [4.69, 9.17) is 0 Å². The third-order valence-electron chi connectivity index (χ3n) is 3.38. The Hall–Kier alpha value is -2.17. The van der Waals surface area contributed by atoms with E-state index < -0.39 is 6.10 Å². The maximum absolute atomic E-state index is 11.9. The lowest BCUT2D eigenvalue weighted by Gasteiger charge is -2.14. The van der Waals surface area contributed by atoms with E-state index in [9.17, 15) is 9.90 Å². The van der Waals surface area contributed by atoms with Gasteiger partial charge in [0.05, 0.1) is 11.0 Å². The van der Waals surface area contributed by atoms with Crippen LogP contribution in [0.1, 0.15) is 21.3 Å². The van der Waals surface area contributed by atoms with Gasteiger partial charge < -0.3 is 10.4 Å². The molecule has 1 amide bonds. The second kappa shape index (κ2) is 6.08.